The van der Waals surface area contributed by atoms with Crippen LogP contribution in [0.1, 0.15) is 37.0 Å². The number of amides is 1. The van der Waals surface area contributed by atoms with Crippen LogP contribution < -0.4 is 10.1 Å². The minimum atomic E-state index is -4.42. The van der Waals surface area contributed by atoms with E-state index in [1.807, 2.05) is 18.7 Å². The maximum Gasteiger partial charge on any atom is 0.416 e. The number of ether oxygens (including phenoxy) is 1. The summed E-state index contributed by atoms with van der Waals surface area (Å²) in [5, 5.41) is 2.96. The van der Waals surface area contributed by atoms with Crippen molar-refractivity contribution in [3.05, 3.63) is 65.0 Å². The normalized spacial score (nSPS) is 15.9. The van der Waals surface area contributed by atoms with Crippen LogP contribution in [0, 0.1) is 11.7 Å². The van der Waals surface area contributed by atoms with Crippen molar-refractivity contribution in [3.8, 4) is 5.75 Å². The molecule has 0 unspecified atom stereocenters. The second-order valence-corrected chi connectivity index (χ2v) is 7.95. The highest BCUT2D eigenvalue weighted by Gasteiger charge is 2.33. The molecule has 0 saturated carbocycles. The summed E-state index contributed by atoms with van der Waals surface area (Å²) in [5.74, 6) is -0.251. The van der Waals surface area contributed by atoms with E-state index in [1.165, 1.54) is 18.2 Å². The summed E-state index contributed by atoms with van der Waals surface area (Å²) < 4.78 is 58.3. The minimum absolute atomic E-state index is 0.0319. The number of nitrogens with zero attached hydrogens (tertiary/aromatic N) is 1. The Hall–Kier alpha value is -2.61. The standard InChI is InChI=1S/C23H26F4N2O2/c1-3-15(2)28-22(30)18-12-29(13-18)11-17-7-8-20(10-21(17)24)31-14-16-5-4-6-19(9-16)23(25,26)27/h4-10,15,18H,3,11-14H2,1-2H3,(H,28,30)/t15-/m0/s1. The lowest BCUT2D eigenvalue weighted by Gasteiger charge is -2.38. The molecule has 1 aliphatic rings. The van der Waals surface area contributed by atoms with Gasteiger partial charge in [0.1, 0.15) is 18.2 Å². The predicted molar refractivity (Wildman–Crippen MR) is 109 cm³/mol. The summed E-state index contributed by atoms with van der Waals surface area (Å²) in [6.07, 6.45) is -3.55. The van der Waals surface area contributed by atoms with E-state index in [0.717, 1.165) is 18.6 Å². The van der Waals surface area contributed by atoms with Crippen molar-refractivity contribution < 1.29 is 27.1 Å². The Bertz CT molecular complexity index is 911. The molecule has 8 heteroatoms. The van der Waals surface area contributed by atoms with Crippen LogP contribution in [0.3, 0.4) is 0 Å². The highest BCUT2D eigenvalue weighted by atomic mass is 19.4. The minimum Gasteiger partial charge on any atom is -0.489 e. The number of nitrogens with one attached hydrogen (secondary N) is 1. The van der Waals surface area contributed by atoms with Crippen molar-refractivity contribution >= 4 is 5.91 Å². The number of carbonyl (C=O) groups is 1. The molecule has 0 aliphatic carbocycles. The molecule has 1 aliphatic heterocycles. The van der Waals surface area contributed by atoms with Crippen molar-refractivity contribution in [2.75, 3.05) is 13.1 Å². The highest BCUT2D eigenvalue weighted by molar-refractivity contribution is 5.80. The first-order valence-electron chi connectivity index (χ1n) is 10.3. The summed E-state index contributed by atoms with van der Waals surface area (Å²) in [6.45, 7) is 5.41. The molecule has 1 amide bonds. The van der Waals surface area contributed by atoms with Gasteiger partial charge in [0.05, 0.1) is 11.5 Å². The van der Waals surface area contributed by atoms with Gasteiger partial charge in [-0.25, -0.2) is 4.39 Å². The van der Waals surface area contributed by atoms with Crippen LogP contribution in [-0.4, -0.2) is 29.9 Å². The molecule has 2 aromatic rings. The zero-order chi connectivity index (χ0) is 22.6. The van der Waals surface area contributed by atoms with Gasteiger partial charge >= 0.3 is 6.18 Å². The number of halogens is 4. The lowest BCUT2D eigenvalue weighted by molar-refractivity contribution is -0.137. The largest absolute Gasteiger partial charge is 0.489 e. The van der Waals surface area contributed by atoms with E-state index in [4.69, 9.17) is 4.74 Å². The third-order valence-corrected chi connectivity index (χ3v) is 5.41. The number of likely N-dealkylation sites (tertiary alicyclic amines) is 1. The van der Waals surface area contributed by atoms with E-state index in [1.54, 1.807) is 12.1 Å². The quantitative estimate of drug-likeness (QED) is 0.604. The number of alkyl halides is 3. The fourth-order valence-corrected chi connectivity index (χ4v) is 3.32. The Morgan fingerprint density at radius 1 is 1.23 bits per heavy atom. The molecular weight excluding hydrogens is 412 g/mol. The van der Waals surface area contributed by atoms with Gasteiger partial charge in [-0.15, -0.1) is 0 Å². The molecule has 1 heterocycles. The smallest absolute Gasteiger partial charge is 0.416 e. The van der Waals surface area contributed by atoms with Crippen molar-refractivity contribution in [2.24, 2.45) is 5.92 Å². The van der Waals surface area contributed by atoms with Crippen LogP contribution in [0.5, 0.6) is 5.75 Å². The molecule has 2 aromatic carbocycles. The van der Waals surface area contributed by atoms with Crippen LogP contribution >= 0.6 is 0 Å². The van der Waals surface area contributed by atoms with Crippen molar-refractivity contribution in [3.63, 3.8) is 0 Å². The Balaban J connectivity index is 1.50. The summed E-state index contributed by atoms with van der Waals surface area (Å²) in [6, 6.07) is 9.42. The first kappa shape index (κ1) is 23.1. The monoisotopic (exact) mass is 438 g/mol. The van der Waals surface area contributed by atoms with Crippen LogP contribution in [-0.2, 0) is 24.1 Å². The van der Waals surface area contributed by atoms with Crippen LogP contribution in [0.15, 0.2) is 42.5 Å². The lowest BCUT2D eigenvalue weighted by atomic mass is 9.97. The van der Waals surface area contributed by atoms with Crippen LogP contribution in [0.4, 0.5) is 17.6 Å². The molecule has 0 bridgehead atoms. The van der Waals surface area contributed by atoms with Gasteiger partial charge < -0.3 is 10.1 Å². The third-order valence-electron chi connectivity index (χ3n) is 5.41. The molecule has 31 heavy (non-hydrogen) atoms. The average Bonchev–Trinajstić information content (AvgIpc) is 2.69. The molecule has 1 atom stereocenters. The number of carbonyl (C=O) groups excluding carboxylic acids is 1. The Morgan fingerprint density at radius 3 is 2.61 bits per heavy atom. The highest BCUT2D eigenvalue weighted by Crippen LogP contribution is 2.30. The number of benzene rings is 2. The summed E-state index contributed by atoms with van der Waals surface area (Å²) in [4.78, 5) is 14.1. The zero-order valence-corrected chi connectivity index (χ0v) is 17.5. The molecule has 168 valence electrons. The van der Waals surface area contributed by atoms with Crippen LogP contribution in [0.25, 0.3) is 0 Å². The SMILES string of the molecule is CC[C@H](C)NC(=O)C1CN(Cc2ccc(OCc3cccc(C(F)(F)F)c3)cc2F)C1. The van der Waals surface area contributed by atoms with Crippen molar-refractivity contribution in [1.82, 2.24) is 10.2 Å². The van der Waals surface area contributed by atoms with E-state index >= 15 is 0 Å². The number of rotatable bonds is 8. The molecule has 4 nitrogen and oxygen atoms in total. The average molecular weight is 438 g/mol. The molecule has 0 spiro atoms. The van der Waals surface area contributed by atoms with Gasteiger partial charge in [-0.3, -0.25) is 9.69 Å². The van der Waals surface area contributed by atoms with Gasteiger partial charge in [0.25, 0.3) is 0 Å². The summed E-state index contributed by atoms with van der Waals surface area (Å²) >= 11 is 0. The molecular formula is C23H26F4N2O2. The van der Waals surface area contributed by atoms with Crippen molar-refractivity contribution in [2.45, 2.75) is 45.6 Å². The number of hydrogen-bond acceptors (Lipinski definition) is 3. The van der Waals surface area contributed by atoms with Gasteiger partial charge in [-0.1, -0.05) is 25.1 Å². The first-order chi connectivity index (χ1) is 14.7. The molecule has 1 saturated heterocycles. The molecule has 1 fully saturated rings. The summed E-state index contributed by atoms with van der Waals surface area (Å²) in [5.41, 5.74) is 0.0783. The van der Waals surface area contributed by atoms with Gasteiger partial charge in [-0.2, -0.15) is 13.2 Å². The zero-order valence-electron chi connectivity index (χ0n) is 17.5. The van der Waals surface area contributed by atoms with Crippen LogP contribution in [0.2, 0.25) is 0 Å². The molecule has 3 rings (SSSR count). The van der Waals surface area contributed by atoms with E-state index < -0.39 is 17.6 Å². The third kappa shape index (κ3) is 6.19. The fraction of sp³-hybridized carbons (Fsp3) is 0.435. The van der Waals surface area contributed by atoms with Crippen molar-refractivity contribution in [1.29, 1.82) is 0 Å². The first-order valence-corrected chi connectivity index (χ1v) is 10.3. The second kappa shape index (κ2) is 9.68. The van der Waals surface area contributed by atoms with E-state index in [0.29, 0.717) is 30.8 Å². The predicted octanol–water partition coefficient (Wildman–Crippen LogP) is 4.77. The Kier molecular flexibility index (Phi) is 7.20. The molecule has 1 N–H and O–H groups in total. The lowest BCUT2D eigenvalue weighted by Crippen LogP contribution is -2.54. The maximum atomic E-state index is 14.5. The topological polar surface area (TPSA) is 41.6 Å². The van der Waals surface area contributed by atoms with E-state index in [-0.39, 0.29) is 30.2 Å². The van der Waals surface area contributed by atoms with E-state index in [2.05, 4.69) is 5.32 Å². The summed E-state index contributed by atoms with van der Waals surface area (Å²) in [7, 11) is 0. The van der Waals surface area contributed by atoms with Gasteiger partial charge in [0, 0.05) is 37.3 Å². The second-order valence-electron chi connectivity index (χ2n) is 7.95. The fourth-order valence-electron chi connectivity index (χ4n) is 3.32. The molecule has 0 aromatic heterocycles. The van der Waals surface area contributed by atoms with Gasteiger partial charge in [0.2, 0.25) is 5.91 Å². The van der Waals surface area contributed by atoms with Gasteiger partial charge in [0.15, 0.2) is 0 Å². The van der Waals surface area contributed by atoms with Gasteiger partial charge in [-0.05, 0) is 37.1 Å². The van der Waals surface area contributed by atoms with E-state index in [9.17, 15) is 22.4 Å². The Labute approximate surface area is 179 Å². The Morgan fingerprint density at radius 2 is 1.97 bits per heavy atom. The number of hydrogen-bond donors (Lipinski definition) is 1. The molecule has 0 radical (unpaired) electrons. The maximum absolute atomic E-state index is 14.5.